The Labute approximate surface area is 155 Å². The maximum absolute atomic E-state index is 12.5. The summed E-state index contributed by atoms with van der Waals surface area (Å²) in [6, 6.07) is 12.4. The zero-order chi connectivity index (χ0) is 19.6. The molecule has 1 amide bonds. The summed E-state index contributed by atoms with van der Waals surface area (Å²) in [5.41, 5.74) is 12.8. The number of rotatable bonds is 5. The van der Waals surface area contributed by atoms with Gasteiger partial charge >= 0.3 is 12.1 Å². The van der Waals surface area contributed by atoms with E-state index in [4.69, 9.17) is 20.6 Å². The maximum Gasteiger partial charge on any atom is 0.412 e. The summed E-state index contributed by atoms with van der Waals surface area (Å²) in [4.78, 5) is 23.6. The molecule has 3 aromatic rings. The Morgan fingerprint density at radius 3 is 2.41 bits per heavy atom. The lowest BCUT2D eigenvalue weighted by atomic mass is 10.0. The van der Waals surface area contributed by atoms with Gasteiger partial charge in [-0.3, -0.25) is 0 Å². The van der Waals surface area contributed by atoms with Crippen molar-refractivity contribution in [3.05, 3.63) is 53.6 Å². The van der Waals surface area contributed by atoms with Gasteiger partial charge in [0.25, 0.3) is 0 Å². The molecule has 27 heavy (non-hydrogen) atoms. The number of nitrogens with two attached hydrogens (primary N) is 2. The topological polar surface area (TPSA) is 118 Å². The summed E-state index contributed by atoms with van der Waals surface area (Å²) >= 11 is 0. The summed E-state index contributed by atoms with van der Waals surface area (Å²) in [5, 5.41) is 0.470. The normalized spacial score (nSPS) is 11.0. The molecule has 0 unspecified atom stereocenters. The van der Waals surface area contributed by atoms with Gasteiger partial charge in [-0.05, 0) is 37.6 Å². The monoisotopic (exact) mass is 368 g/mol. The van der Waals surface area contributed by atoms with Crippen LogP contribution in [0.5, 0.6) is 5.75 Å². The average Bonchev–Trinajstić information content (AvgIpc) is 2.99. The molecule has 140 valence electrons. The third kappa shape index (κ3) is 3.93. The van der Waals surface area contributed by atoms with Gasteiger partial charge in [-0.2, -0.15) is 0 Å². The fourth-order valence-electron chi connectivity index (χ4n) is 2.76. The molecule has 1 heterocycles. The molecule has 0 bridgehead atoms. The van der Waals surface area contributed by atoms with Crippen molar-refractivity contribution in [1.29, 1.82) is 0 Å². The van der Waals surface area contributed by atoms with E-state index in [2.05, 4.69) is 4.74 Å². The predicted molar refractivity (Wildman–Crippen MR) is 100 cm³/mol. The Balaban J connectivity index is 2.18. The molecule has 7 nitrogen and oxygen atoms in total. The molecule has 0 aliphatic carbocycles. The van der Waals surface area contributed by atoms with E-state index in [9.17, 15) is 9.59 Å². The first kappa shape index (κ1) is 18.5. The summed E-state index contributed by atoms with van der Waals surface area (Å²) in [7, 11) is 0. The molecule has 0 aliphatic heterocycles. The average molecular weight is 368 g/mol. The molecule has 0 atom stereocenters. The van der Waals surface area contributed by atoms with E-state index in [-0.39, 0.29) is 17.4 Å². The number of amides is 1. The second-order valence-electron chi connectivity index (χ2n) is 6.24. The fraction of sp³-hybridized carbons (Fsp3) is 0.200. The predicted octanol–water partition coefficient (Wildman–Crippen LogP) is 3.58. The minimum absolute atomic E-state index is 0.0429. The molecule has 3 rings (SSSR count). The molecule has 0 saturated heterocycles. The lowest BCUT2D eigenvalue weighted by molar-refractivity contribution is 0.0640. The first-order valence-electron chi connectivity index (χ1n) is 8.43. The first-order chi connectivity index (χ1) is 12.9. The van der Waals surface area contributed by atoms with Crippen molar-refractivity contribution in [1.82, 2.24) is 0 Å². The molecule has 0 aliphatic rings. The standard InChI is InChI=1S/C20H20N2O5/c1-11(2)25-14-7-8-16-15(9-14)17(19(23)27-20(22)24)18(26-16)13-5-3-12(10-21)4-6-13/h3-9,11H,10,21H2,1-2H3,(H2,22,24). The third-order valence-electron chi connectivity index (χ3n) is 3.88. The number of hydrogen-bond acceptors (Lipinski definition) is 6. The van der Waals surface area contributed by atoms with Crippen LogP contribution in [-0.4, -0.2) is 18.2 Å². The number of primary amides is 1. The summed E-state index contributed by atoms with van der Waals surface area (Å²) in [6.45, 7) is 4.19. The van der Waals surface area contributed by atoms with Crippen LogP contribution < -0.4 is 16.2 Å². The SMILES string of the molecule is CC(C)Oc1ccc2oc(-c3ccc(CN)cc3)c(C(=O)OC(N)=O)c2c1. The zero-order valence-corrected chi connectivity index (χ0v) is 15.0. The van der Waals surface area contributed by atoms with E-state index in [1.54, 1.807) is 30.3 Å². The quantitative estimate of drug-likeness (QED) is 0.525. The fourth-order valence-corrected chi connectivity index (χ4v) is 2.76. The highest BCUT2D eigenvalue weighted by Gasteiger charge is 2.25. The van der Waals surface area contributed by atoms with E-state index in [1.165, 1.54) is 0 Å². The van der Waals surface area contributed by atoms with Gasteiger partial charge in [0, 0.05) is 17.5 Å². The molecule has 7 heteroatoms. The Bertz CT molecular complexity index is 990. The number of ether oxygens (including phenoxy) is 2. The van der Waals surface area contributed by atoms with Crippen LogP contribution in [0.1, 0.15) is 29.8 Å². The van der Waals surface area contributed by atoms with E-state index in [0.29, 0.717) is 28.8 Å². The van der Waals surface area contributed by atoms with E-state index in [1.807, 2.05) is 26.0 Å². The summed E-state index contributed by atoms with van der Waals surface area (Å²) in [6.07, 6.45) is -1.23. The molecule has 0 saturated carbocycles. The zero-order valence-electron chi connectivity index (χ0n) is 15.0. The van der Waals surface area contributed by atoms with Gasteiger partial charge in [-0.1, -0.05) is 24.3 Å². The lowest BCUT2D eigenvalue weighted by Crippen LogP contribution is -2.18. The number of esters is 1. The van der Waals surface area contributed by atoms with Crippen LogP contribution in [-0.2, 0) is 11.3 Å². The maximum atomic E-state index is 12.5. The molecule has 2 aromatic carbocycles. The van der Waals surface area contributed by atoms with Crippen LogP contribution in [0.3, 0.4) is 0 Å². The van der Waals surface area contributed by atoms with Crippen molar-refractivity contribution >= 4 is 23.0 Å². The minimum Gasteiger partial charge on any atom is -0.491 e. The number of furan rings is 1. The second kappa shape index (κ2) is 7.51. The Morgan fingerprint density at radius 2 is 1.81 bits per heavy atom. The van der Waals surface area contributed by atoms with Crippen molar-refractivity contribution < 1.29 is 23.5 Å². The van der Waals surface area contributed by atoms with Gasteiger partial charge in [-0.25, -0.2) is 9.59 Å². The highest BCUT2D eigenvalue weighted by Crippen LogP contribution is 2.36. The highest BCUT2D eigenvalue weighted by atomic mass is 16.6. The lowest BCUT2D eigenvalue weighted by Gasteiger charge is -2.09. The van der Waals surface area contributed by atoms with Crippen molar-refractivity contribution in [3.63, 3.8) is 0 Å². The summed E-state index contributed by atoms with van der Waals surface area (Å²) < 4.78 is 16.2. The summed E-state index contributed by atoms with van der Waals surface area (Å²) in [5.74, 6) is -0.0428. The molecule has 0 radical (unpaired) electrons. The first-order valence-corrected chi connectivity index (χ1v) is 8.43. The van der Waals surface area contributed by atoms with Gasteiger partial charge in [0.05, 0.1) is 6.10 Å². The van der Waals surface area contributed by atoms with Crippen molar-refractivity contribution in [2.75, 3.05) is 0 Å². The molecule has 0 spiro atoms. The van der Waals surface area contributed by atoms with E-state index >= 15 is 0 Å². The van der Waals surface area contributed by atoms with Crippen LogP contribution in [0, 0.1) is 0 Å². The Hall–Kier alpha value is -3.32. The molecular formula is C20H20N2O5. The highest BCUT2D eigenvalue weighted by molar-refractivity contribution is 6.11. The molecule has 1 aromatic heterocycles. The number of carbonyl (C=O) groups is 2. The van der Waals surface area contributed by atoms with Gasteiger partial charge in [0.2, 0.25) is 0 Å². The number of hydrogen-bond donors (Lipinski definition) is 2. The molecular weight excluding hydrogens is 348 g/mol. The largest absolute Gasteiger partial charge is 0.491 e. The van der Waals surface area contributed by atoms with Crippen LogP contribution in [0.25, 0.3) is 22.3 Å². The van der Waals surface area contributed by atoms with Crippen LogP contribution in [0.2, 0.25) is 0 Å². The van der Waals surface area contributed by atoms with Crippen LogP contribution >= 0.6 is 0 Å². The van der Waals surface area contributed by atoms with Gasteiger partial charge in [0.15, 0.2) is 0 Å². The molecule has 4 N–H and O–H groups in total. The number of carbonyl (C=O) groups excluding carboxylic acids is 2. The van der Waals surface area contributed by atoms with Crippen molar-refractivity contribution in [3.8, 4) is 17.1 Å². The van der Waals surface area contributed by atoms with E-state index in [0.717, 1.165) is 5.56 Å². The second-order valence-corrected chi connectivity index (χ2v) is 6.24. The minimum atomic E-state index is -1.19. The Kier molecular flexibility index (Phi) is 5.14. The van der Waals surface area contributed by atoms with Gasteiger partial charge in [-0.15, -0.1) is 0 Å². The van der Waals surface area contributed by atoms with Crippen LogP contribution in [0.15, 0.2) is 46.9 Å². The van der Waals surface area contributed by atoms with Gasteiger partial charge in [0.1, 0.15) is 22.7 Å². The number of fused-ring (bicyclic) bond motifs is 1. The van der Waals surface area contributed by atoms with Gasteiger partial charge < -0.3 is 25.4 Å². The number of benzene rings is 2. The Morgan fingerprint density at radius 1 is 1.11 bits per heavy atom. The van der Waals surface area contributed by atoms with Crippen molar-refractivity contribution in [2.24, 2.45) is 11.5 Å². The van der Waals surface area contributed by atoms with Crippen LogP contribution in [0.4, 0.5) is 4.79 Å². The smallest absolute Gasteiger partial charge is 0.412 e. The molecule has 0 fully saturated rings. The third-order valence-corrected chi connectivity index (χ3v) is 3.88. The van der Waals surface area contributed by atoms with Crippen molar-refractivity contribution in [2.45, 2.75) is 26.5 Å². The van der Waals surface area contributed by atoms with E-state index < -0.39 is 12.1 Å².